The Kier molecular flexibility index (Phi) is 6.50. The topological polar surface area (TPSA) is 77.7 Å². The van der Waals surface area contributed by atoms with E-state index in [0.29, 0.717) is 0 Å². The zero-order valence-electron chi connectivity index (χ0n) is 20.8. The lowest BCUT2D eigenvalue weighted by Gasteiger charge is -2.50. The smallest absolute Gasteiger partial charge is 0.310 e. The zero-order chi connectivity index (χ0) is 24.7. The summed E-state index contributed by atoms with van der Waals surface area (Å²) < 4.78 is 14.0. The summed E-state index contributed by atoms with van der Waals surface area (Å²) in [4.78, 5) is 16.7. The Hall–Kier alpha value is -2.62. The van der Waals surface area contributed by atoms with Crippen molar-refractivity contribution < 1.29 is 14.3 Å². The van der Waals surface area contributed by atoms with Crippen LogP contribution in [0.1, 0.15) is 33.2 Å². The molecule has 1 aliphatic carbocycles. The van der Waals surface area contributed by atoms with Crippen molar-refractivity contribution >= 4 is 34.2 Å². The normalized spacial score (nSPS) is 23.4. The second-order valence-electron chi connectivity index (χ2n) is 9.49. The number of piperazine rings is 1. The number of halogens is 1. The molecule has 10 heteroatoms. The van der Waals surface area contributed by atoms with Crippen LogP contribution in [0, 0.1) is 5.92 Å². The van der Waals surface area contributed by atoms with Gasteiger partial charge >= 0.3 is 5.97 Å². The molecule has 2 aromatic heterocycles. The highest BCUT2D eigenvalue weighted by Crippen LogP contribution is 2.44. The van der Waals surface area contributed by atoms with E-state index in [4.69, 9.17) is 21.1 Å². The molecule has 2 unspecified atom stereocenters. The molecule has 0 spiro atoms. The van der Waals surface area contributed by atoms with E-state index in [2.05, 4.69) is 33.0 Å². The summed E-state index contributed by atoms with van der Waals surface area (Å²) in [5, 5.41) is 10.8. The molecule has 3 aliphatic rings. The van der Waals surface area contributed by atoms with E-state index >= 15 is 0 Å². The average molecular weight is 501 g/mol. The maximum absolute atomic E-state index is 11.8. The third kappa shape index (κ3) is 4.30. The van der Waals surface area contributed by atoms with E-state index in [9.17, 15) is 4.79 Å². The van der Waals surface area contributed by atoms with Crippen LogP contribution in [-0.2, 0) is 14.3 Å². The molecule has 0 bridgehead atoms. The molecule has 0 N–H and O–H groups in total. The first-order valence-corrected chi connectivity index (χ1v) is 12.7. The van der Waals surface area contributed by atoms with Crippen LogP contribution in [0.4, 0.5) is 5.69 Å². The number of hydrogen-bond donors (Lipinski definition) is 0. The molecule has 3 aromatic rings. The van der Waals surface area contributed by atoms with Gasteiger partial charge in [0.05, 0.1) is 72.6 Å². The van der Waals surface area contributed by atoms with Gasteiger partial charge in [0.2, 0.25) is 0 Å². The number of hydrogen-bond acceptors (Lipinski definition) is 7. The van der Waals surface area contributed by atoms with Gasteiger partial charge in [0.25, 0.3) is 0 Å². The molecule has 2 saturated heterocycles. The first kappa shape index (κ1) is 24.1. The third-order valence-corrected chi connectivity index (χ3v) is 7.58. The van der Waals surface area contributed by atoms with Crippen LogP contribution in [0.3, 0.4) is 0 Å². The predicted octanol–water partition coefficient (Wildman–Crippen LogP) is 3.55. The molecule has 9 nitrogen and oxygen atoms in total. The highest BCUT2D eigenvalue weighted by Gasteiger charge is 2.46. The fourth-order valence-corrected chi connectivity index (χ4v) is 5.34. The van der Waals surface area contributed by atoms with E-state index < -0.39 is 0 Å². The van der Waals surface area contributed by atoms with Crippen molar-refractivity contribution in [3.8, 4) is 5.69 Å². The first-order valence-electron chi connectivity index (χ1n) is 12.3. The molecule has 6 rings (SSSR count). The van der Waals surface area contributed by atoms with Gasteiger partial charge in [0.15, 0.2) is 0 Å². The Labute approximate surface area is 210 Å². The van der Waals surface area contributed by atoms with Crippen molar-refractivity contribution in [3.63, 3.8) is 0 Å². The van der Waals surface area contributed by atoms with Gasteiger partial charge in [-0.2, -0.15) is 10.2 Å². The lowest BCUT2D eigenvalue weighted by molar-refractivity contribution is -0.142. The molecule has 35 heavy (non-hydrogen) atoms. The van der Waals surface area contributed by atoms with E-state index in [1.54, 1.807) is 6.20 Å². The molecule has 188 valence electrons. The summed E-state index contributed by atoms with van der Waals surface area (Å²) in [5.41, 5.74) is 3.04. The molecule has 1 saturated carbocycles. The second kappa shape index (κ2) is 9.44. The van der Waals surface area contributed by atoms with Crippen LogP contribution in [0.15, 0.2) is 30.7 Å². The lowest BCUT2D eigenvalue weighted by atomic mass is 9.97. The molecule has 2 aliphatic heterocycles. The summed E-state index contributed by atoms with van der Waals surface area (Å²) in [7, 11) is 1.42. The summed E-state index contributed by atoms with van der Waals surface area (Å²) in [5.74, 6) is -0.297. The van der Waals surface area contributed by atoms with Gasteiger partial charge in [-0.15, -0.1) is 0 Å². The Balaban J connectivity index is 0.00000124. The monoisotopic (exact) mass is 500 g/mol. The Morgan fingerprint density at radius 3 is 2.54 bits per heavy atom. The SMILES string of the molecule is CC.COC(=O)C1CC1n1cc(-n2ncc3cc(Cl)c(N4CCN(C5(C)COC5)CC4)cc32)cn1. The average Bonchev–Trinajstić information content (AvgIpc) is 3.33. The van der Waals surface area contributed by atoms with Crippen LogP contribution in [0.2, 0.25) is 5.02 Å². The maximum Gasteiger partial charge on any atom is 0.310 e. The van der Waals surface area contributed by atoms with Gasteiger partial charge in [0, 0.05) is 31.6 Å². The van der Waals surface area contributed by atoms with Crippen molar-refractivity contribution in [3.05, 3.63) is 35.7 Å². The summed E-state index contributed by atoms with van der Waals surface area (Å²) in [6, 6.07) is 4.17. The van der Waals surface area contributed by atoms with Crippen molar-refractivity contribution in [1.29, 1.82) is 0 Å². The van der Waals surface area contributed by atoms with Gasteiger partial charge in [0.1, 0.15) is 5.69 Å². The number of ether oxygens (including phenoxy) is 2. The fraction of sp³-hybridized carbons (Fsp3) is 0.560. The molecular formula is C25H33ClN6O3. The Bertz CT molecular complexity index is 1210. The Morgan fingerprint density at radius 1 is 1.14 bits per heavy atom. The number of rotatable bonds is 5. The number of anilines is 1. The van der Waals surface area contributed by atoms with Crippen LogP contribution in [0.25, 0.3) is 16.6 Å². The highest BCUT2D eigenvalue weighted by atomic mass is 35.5. The summed E-state index contributed by atoms with van der Waals surface area (Å²) in [6.07, 6.45) is 6.30. The van der Waals surface area contributed by atoms with Crippen molar-refractivity contribution in [2.24, 2.45) is 5.92 Å². The van der Waals surface area contributed by atoms with Crippen LogP contribution in [-0.4, -0.2) is 82.5 Å². The molecule has 0 radical (unpaired) electrons. The second-order valence-corrected chi connectivity index (χ2v) is 9.90. The summed E-state index contributed by atoms with van der Waals surface area (Å²) in [6.45, 7) is 11.7. The first-order chi connectivity index (χ1) is 17.0. The highest BCUT2D eigenvalue weighted by molar-refractivity contribution is 6.34. The number of aromatic nitrogens is 4. The molecule has 4 heterocycles. The number of carbonyl (C=O) groups excluding carboxylic acids is 1. The predicted molar refractivity (Wildman–Crippen MR) is 135 cm³/mol. The minimum Gasteiger partial charge on any atom is -0.469 e. The minimum atomic E-state index is -0.181. The quantitative estimate of drug-likeness (QED) is 0.496. The zero-order valence-corrected chi connectivity index (χ0v) is 21.5. The van der Waals surface area contributed by atoms with Gasteiger partial charge in [-0.05, 0) is 25.5 Å². The number of carbonyl (C=O) groups is 1. The number of nitrogens with zero attached hydrogens (tertiary/aromatic N) is 6. The largest absolute Gasteiger partial charge is 0.469 e. The third-order valence-electron chi connectivity index (χ3n) is 7.28. The number of benzene rings is 1. The van der Waals surface area contributed by atoms with Crippen LogP contribution < -0.4 is 4.90 Å². The van der Waals surface area contributed by atoms with Crippen molar-refractivity contribution in [1.82, 2.24) is 24.5 Å². The standard InChI is InChI=1S/C23H27ClN6O3.C2H6/c1-23(13-33-14-23)28-5-3-27(4-6-28)21-9-19-15(7-18(21)24)10-26-30(19)16-11-25-29(12-16)20-8-17(20)22(31)32-2;1-2/h7,9-12,17,20H,3-6,8,13-14H2,1-2H3;1-2H3. The van der Waals surface area contributed by atoms with E-state index in [1.165, 1.54) is 7.11 Å². The van der Waals surface area contributed by atoms with E-state index in [-0.39, 0.29) is 23.5 Å². The molecular weight excluding hydrogens is 468 g/mol. The van der Waals surface area contributed by atoms with Gasteiger partial charge in [-0.25, -0.2) is 4.68 Å². The minimum absolute atomic E-state index is 0.0530. The molecule has 1 aromatic carbocycles. The number of esters is 1. The number of methoxy groups -OCH3 is 1. The van der Waals surface area contributed by atoms with Crippen molar-refractivity contribution in [2.45, 2.75) is 38.8 Å². The van der Waals surface area contributed by atoms with Gasteiger partial charge in [-0.3, -0.25) is 14.4 Å². The van der Waals surface area contributed by atoms with Gasteiger partial charge < -0.3 is 14.4 Å². The molecule has 2 atom stereocenters. The van der Waals surface area contributed by atoms with Crippen molar-refractivity contribution in [2.75, 3.05) is 51.4 Å². The molecule has 0 amide bonds. The molecule has 3 fully saturated rings. The maximum atomic E-state index is 11.8. The Morgan fingerprint density at radius 2 is 1.89 bits per heavy atom. The van der Waals surface area contributed by atoms with Crippen LogP contribution in [0.5, 0.6) is 0 Å². The lowest BCUT2D eigenvalue weighted by Crippen LogP contribution is -2.64. The van der Waals surface area contributed by atoms with Gasteiger partial charge in [-0.1, -0.05) is 25.4 Å². The van der Waals surface area contributed by atoms with E-state index in [1.807, 2.05) is 41.7 Å². The summed E-state index contributed by atoms with van der Waals surface area (Å²) >= 11 is 6.70. The number of fused-ring (bicyclic) bond motifs is 1. The van der Waals surface area contributed by atoms with E-state index in [0.717, 1.165) is 73.1 Å². The van der Waals surface area contributed by atoms with Crippen LogP contribution >= 0.6 is 11.6 Å². The fourth-order valence-electron chi connectivity index (χ4n) is 5.05.